The number of hydrogen-bond donors (Lipinski definition) is 0. The van der Waals surface area contributed by atoms with Crippen LogP contribution >= 0.6 is 15.9 Å². The molecule has 5 rings (SSSR count). The molecule has 0 saturated carbocycles. The van der Waals surface area contributed by atoms with Crippen molar-refractivity contribution in [2.24, 2.45) is 0 Å². The van der Waals surface area contributed by atoms with E-state index < -0.39 is 0 Å². The molecule has 6 heteroatoms. The summed E-state index contributed by atoms with van der Waals surface area (Å²) >= 11 is 3.52. The van der Waals surface area contributed by atoms with Crippen LogP contribution in [0.4, 0.5) is 5.69 Å². The number of amides is 1. The highest BCUT2D eigenvalue weighted by molar-refractivity contribution is 9.10. The van der Waals surface area contributed by atoms with Gasteiger partial charge in [-0.3, -0.25) is 4.79 Å². The summed E-state index contributed by atoms with van der Waals surface area (Å²) in [4.78, 5) is 19.8. The topological polar surface area (TPSA) is 47.4 Å². The first kappa shape index (κ1) is 23.4. The first-order valence-corrected chi connectivity index (χ1v) is 12.8. The largest absolute Gasteiger partial charge is 0.493 e. The highest BCUT2D eigenvalue weighted by Gasteiger charge is 2.34. The Balaban J connectivity index is 1.34. The van der Waals surface area contributed by atoms with Crippen molar-refractivity contribution >= 4 is 38.6 Å². The molecule has 0 radical (unpaired) electrons. The van der Waals surface area contributed by atoms with Crippen molar-refractivity contribution in [2.45, 2.75) is 31.7 Å². The molecule has 0 aliphatic carbocycles. The van der Waals surface area contributed by atoms with Gasteiger partial charge in [0.1, 0.15) is 11.6 Å². The lowest BCUT2D eigenvalue weighted by Crippen LogP contribution is -2.24. The smallest absolute Gasteiger partial charge is 0.227 e. The molecule has 0 bridgehead atoms. The van der Waals surface area contributed by atoms with Crippen LogP contribution in [0.25, 0.3) is 11.0 Å². The zero-order valence-corrected chi connectivity index (χ0v) is 21.2. The number of aryl methyl sites for hydroxylation is 1. The molecule has 178 valence electrons. The summed E-state index contributed by atoms with van der Waals surface area (Å²) in [5, 5.41) is 0. The minimum absolute atomic E-state index is 0.0446. The number of ether oxygens (including phenoxy) is 1. The van der Waals surface area contributed by atoms with E-state index >= 15 is 0 Å². The lowest BCUT2D eigenvalue weighted by Gasteiger charge is -2.18. The molecule has 5 nitrogen and oxygen atoms in total. The van der Waals surface area contributed by atoms with Gasteiger partial charge in [0.05, 0.1) is 17.6 Å². The van der Waals surface area contributed by atoms with Gasteiger partial charge in [0.15, 0.2) is 0 Å². The second kappa shape index (κ2) is 10.5. The van der Waals surface area contributed by atoms with Crippen LogP contribution in [0.2, 0.25) is 0 Å². The number of carbonyl (C=O) groups excluding carboxylic acids is 1. The number of fused-ring (bicyclic) bond motifs is 1. The van der Waals surface area contributed by atoms with Crippen molar-refractivity contribution in [3.05, 3.63) is 101 Å². The van der Waals surface area contributed by atoms with E-state index in [4.69, 9.17) is 9.72 Å². The number of benzene rings is 3. The van der Waals surface area contributed by atoms with E-state index in [1.165, 1.54) is 0 Å². The molecular formula is C29H28BrN3O2. The van der Waals surface area contributed by atoms with Crippen molar-refractivity contribution in [1.29, 1.82) is 0 Å². The van der Waals surface area contributed by atoms with Crippen molar-refractivity contribution in [3.63, 3.8) is 0 Å². The van der Waals surface area contributed by atoms with Crippen LogP contribution in [0.15, 0.2) is 89.9 Å². The third kappa shape index (κ3) is 5.03. The SMILES string of the molecule is C=CCc1ccccc1OCCCn1c(C2CC(=O)N(c3cccc(Br)c3)C2)nc2ccccc21. The van der Waals surface area contributed by atoms with Gasteiger partial charge in [-0.25, -0.2) is 4.98 Å². The highest BCUT2D eigenvalue weighted by atomic mass is 79.9. The third-order valence-electron chi connectivity index (χ3n) is 6.41. The van der Waals surface area contributed by atoms with E-state index in [9.17, 15) is 4.79 Å². The van der Waals surface area contributed by atoms with E-state index in [2.05, 4.69) is 39.2 Å². The lowest BCUT2D eigenvalue weighted by molar-refractivity contribution is -0.117. The van der Waals surface area contributed by atoms with Crippen LogP contribution < -0.4 is 9.64 Å². The van der Waals surface area contributed by atoms with Gasteiger partial charge in [-0.05, 0) is 54.8 Å². The predicted octanol–water partition coefficient (Wildman–Crippen LogP) is 6.52. The minimum atomic E-state index is 0.0446. The minimum Gasteiger partial charge on any atom is -0.493 e. The number of anilines is 1. The number of halogens is 1. The van der Waals surface area contributed by atoms with Gasteiger partial charge in [-0.2, -0.15) is 0 Å². The number of aromatic nitrogens is 2. The van der Waals surface area contributed by atoms with E-state index in [-0.39, 0.29) is 11.8 Å². The Hall–Kier alpha value is -3.38. The van der Waals surface area contributed by atoms with Crippen LogP contribution in [0.3, 0.4) is 0 Å². The molecule has 1 fully saturated rings. The fourth-order valence-electron chi connectivity index (χ4n) is 4.79. The highest BCUT2D eigenvalue weighted by Crippen LogP contribution is 2.34. The van der Waals surface area contributed by atoms with Gasteiger partial charge in [0.25, 0.3) is 0 Å². The number of carbonyl (C=O) groups is 1. The second-order valence-electron chi connectivity index (χ2n) is 8.80. The summed E-state index contributed by atoms with van der Waals surface area (Å²) in [5.74, 6) is 2.07. The van der Waals surface area contributed by atoms with Crippen LogP contribution in [-0.2, 0) is 17.8 Å². The Bertz CT molecular complexity index is 1360. The average Bonchev–Trinajstić information content (AvgIpc) is 3.43. The summed E-state index contributed by atoms with van der Waals surface area (Å²) < 4.78 is 9.36. The van der Waals surface area contributed by atoms with Gasteiger partial charge < -0.3 is 14.2 Å². The summed E-state index contributed by atoms with van der Waals surface area (Å²) in [6, 6.07) is 24.2. The number of para-hydroxylation sites is 3. The molecule has 1 aliphatic rings. The Labute approximate surface area is 214 Å². The zero-order chi connectivity index (χ0) is 24.2. The molecule has 0 spiro atoms. The van der Waals surface area contributed by atoms with Gasteiger partial charge in [0.2, 0.25) is 5.91 Å². The van der Waals surface area contributed by atoms with Gasteiger partial charge in [-0.1, -0.05) is 58.4 Å². The van der Waals surface area contributed by atoms with Gasteiger partial charge in [-0.15, -0.1) is 6.58 Å². The molecule has 1 atom stereocenters. The van der Waals surface area contributed by atoms with Gasteiger partial charge >= 0.3 is 0 Å². The fraction of sp³-hybridized carbons (Fsp3) is 0.241. The van der Waals surface area contributed by atoms with Crippen LogP contribution in [-0.4, -0.2) is 28.6 Å². The summed E-state index contributed by atoms with van der Waals surface area (Å²) in [6.07, 6.45) is 3.98. The standard InChI is InChI=1S/C29H28BrN3O2/c1-2-9-21-10-3-6-15-27(21)35-17-8-16-32-26-14-5-4-13-25(26)31-29(32)22-18-28(34)33(20-22)24-12-7-11-23(30)19-24/h2-7,10-15,19,22H,1,8-9,16-18,20H2. The first-order chi connectivity index (χ1) is 17.1. The number of allylic oxidation sites excluding steroid dienone is 1. The van der Waals surface area contributed by atoms with Crippen molar-refractivity contribution in [1.82, 2.24) is 9.55 Å². The maximum Gasteiger partial charge on any atom is 0.227 e. The van der Waals surface area contributed by atoms with Crippen molar-refractivity contribution < 1.29 is 9.53 Å². The molecule has 4 aromatic rings. The Morgan fingerprint density at radius 2 is 1.91 bits per heavy atom. The van der Waals surface area contributed by atoms with Crippen LogP contribution in [0, 0.1) is 0 Å². The number of rotatable bonds is 9. The molecule has 1 saturated heterocycles. The number of hydrogen-bond acceptors (Lipinski definition) is 3. The molecular weight excluding hydrogens is 502 g/mol. The molecule has 35 heavy (non-hydrogen) atoms. The lowest BCUT2D eigenvalue weighted by atomic mass is 10.1. The molecule has 2 heterocycles. The summed E-state index contributed by atoms with van der Waals surface area (Å²) in [6.45, 7) is 5.86. The van der Waals surface area contributed by atoms with E-state index in [0.29, 0.717) is 19.6 Å². The molecule has 1 aromatic heterocycles. The molecule has 1 amide bonds. The molecule has 1 aliphatic heterocycles. The fourth-order valence-corrected chi connectivity index (χ4v) is 5.18. The quantitative estimate of drug-likeness (QED) is 0.183. The Morgan fingerprint density at radius 3 is 2.77 bits per heavy atom. The molecule has 0 N–H and O–H groups in total. The maximum atomic E-state index is 12.9. The second-order valence-corrected chi connectivity index (χ2v) is 9.71. The normalized spacial score (nSPS) is 15.6. The zero-order valence-electron chi connectivity index (χ0n) is 19.6. The van der Waals surface area contributed by atoms with Crippen molar-refractivity contribution in [2.75, 3.05) is 18.1 Å². The Kier molecular flexibility index (Phi) is 7.00. The number of imidazole rings is 1. The monoisotopic (exact) mass is 529 g/mol. The van der Waals surface area contributed by atoms with Crippen molar-refractivity contribution in [3.8, 4) is 5.75 Å². The summed E-state index contributed by atoms with van der Waals surface area (Å²) in [7, 11) is 0. The maximum absolute atomic E-state index is 12.9. The summed E-state index contributed by atoms with van der Waals surface area (Å²) in [5.41, 5.74) is 4.13. The number of nitrogens with zero attached hydrogens (tertiary/aromatic N) is 3. The predicted molar refractivity (Wildman–Crippen MR) is 144 cm³/mol. The van der Waals surface area contributed by atoms with E-state index in [1.807, 2.05) is 71.6 Å². The molecule has 1 unspecified atom stereocenters. The first-order valence-electron chi connectivity index (χ1n) is 12.0. The van der Waals surface area contributed by atoms with E-state index in [1.54, 1.807) is 0 Å². The van der Waals surface area contributed by atoms with Crippen LogP contribution in [0.5, 0.6) is 5.75 Å². The van der Waals surface area contributed by atoms with Crippen LogP contribution in [0.1, 0.15) is 30.1 Å². The van der Waals surface area contributed by atoms with E-state index in [0.717, 1.165) is 57.7 Å². The average molecular weight is 530 g/mol. The van der Waals surface area contributed by atoms with Gasteiger partial charge in [0, 0.05) is 35.6 Å². The Morgan fingerprint density at radius 1 is 1.09 bits per heavy atom. The third-order valence-corrected chi connectivity index (χ3v) is 6.91. The molecule has 3 aromatic carbocycles.